The molecular weight excluding hydrogens is 232 g/mol. The van der Waals surface area contributed by atoms with Gasteiger partial charge in [-0.3, -0.25) is 9.79 Å². The highest BCUT2D eigenvalue weighted by Crippen LogP contribution is 2.24. The molecule has 0 aromatic carbocycles. The smallest absolute Gasteiger partial charge is 0.308 e. The lowest BCUT2D eigenvalue weighted by Crippen LogP contribution is -2.24. The largest absolute Gasteiger partial charge is 0.481 e. The Hall–Kier alpha value is -1.78. The topological polar surface area (TPSA) is 84.9 Å². The van der Waals surface area contributed by atoms with Crippen molar-refractivity contribution in [1.29, 1.82) is 0 Å². The molecule has 0 spiro atoms. The van der Waals surface area contributed by atoms with E-state index in [4.69, 9.17) is 15.6 Å². The lowest BCUT2D eigenvalue weighted by atomic mass is 10.0. The first kappa shape index (κ1) is 12.7. The van der Waals surface area contributed by atoms with E-state index in [1.807, 2.05) is 13.0 Å². The second kappa shape index (κ2) is 5.25. The molecular formula is C13H18N2O3. The maximum Gasteiger partial charge on any atom is 0.308 e. The summed E-state index contributed by atoms with van der Waals surface area (Å²) < 4.78 is 5.76. The zero-order chi connectivity index (χ0) is 13.1. The summed E-state index contributed by atoms with van der Waals surface area (Å²) in [6.07, 6.45) is 4.70. The summed E-state index contributed by atoms with van der Waals surface area (Å²) in [7, 11) is 0. The fraction of sp³-hybridized carbons (Fsp3) is 0.538. The highest BCUT2D eigenvalue weighted by molar-refractivity contribution is 5.80. The van der Waals surface area contributed by atoms with E-state index in [0.29, 0.717) is 25.3 Å². The number of aliphatic imine (C=N–C) groups is 1. The van der Waals surface area contributed by atoms with Gasteiger partial charge in [0, 0.05) is 18.5 Å². The predicted molar refractivity (Wildman–Crippen MR) is 68.0 cm³/mol. The number of carboxylic acid groups (broad SMARTS) is 1. The summed E-state index contributed by atoms with van der Waals surface area (Å²) in [5, 5.41) is 8.88. The van der Waals surface area contributed by atoms with Crippen molar-refractivity contribution in [1.82, 2.24) is 0 Å². The highest BCUT2D eigenvalue weighted by atomic mass is 16.5. The summed E-state index contributed by atoms with van der Waals surface area (Å²) in [5.41, 5.74) is 7.65. The molecule has 18 heavy (non-hydrogen) atoms. The van der Waals surface area contributed by atoms with Crippen LogP contribution in [0.5, 0.6) is 0 Å². The quantitative estimate of drug-likeness (QED) is 0.782. The van der Waals surface area contributed by atoms with E-state index in [2.05, 4.69) is 4.99 Å². The van der Waals surface area contributed by atoms with E-state index in [0.717, 1.165) is 29.9 Å². The fourth-order valence-electron chi connectivity index (χ4n) is 2.12. The van der Waals surface area contributed by atoms with Crippen LogP contribution in [0.2, 0.25) is 0 Å². The number of carboxylic acids is 1. The number of allylic oxidation sites excluding steroid dienone is 4. The Kier molecular flexibility index (Phi) is 3.69. The van der Waals surface area contributed by atoms with Gasteiger partial charge >= 0.3 is 5.97 Å². The second-order valence-corrected chi connectivity index (χ2v) is 4.74. The molecule has 98 valence electrons. The molecule has 0 saturated heterocycles. The number of hydrogen-bond donors (Lipinski definition) is 2. The Labute approximate surface area is 106 Å². The highest BCUT2D eigenvalue weighted by Gasteiger charge is 2.23. The standard InChI is InChI=1S/C13H18N2O3/c1-8-6-10(14)3-4-11(8)18-12-5-2-9(7-15-12)13(16)17/h6,9H,2-5,7,14H2,1H3,(H,16,17). The van der Waals surface area contributed by atoms with E-state index in [1.54, 1.807) is 0 Å². The fourth-order valence-corrected chi connectivity index (χ4v) is 2.12. The zero-order valence-corrected chi connectivity index (χ0v) is 10.5. The van der Waals surface area contributed by atoms with Crippen molar-refractivity contribution in [2.75, 3.05) is 6.54 Å². The molecule has 1 heterocycles. The Morgan fingerprint density at radius 1 is 1.50 bits per heavy atom. The van der Waals surface area contributed by atoms with Crippen LogP contribution in [0.1, 0.15) is 32.6 Å². The van der Waals surface area contributed by atoms with Crippen LogP contribution >= 0.6 is 0 Å². The normalized spacial score (nSPS) is 24.4. The molecule has 0 saturated carbocycles. The third-order valence-corrected chi connectivity index (χ3v) is 3.27. The summed E-state index contributed by atoms with van der Waals surface area (Å²) in [6.45, 7) is 2.28. The second-order valence-electron chi connectivity index (χ2n) is 4.74. The predicted octanol–water partition coefficient (Wildman–Crippen LogP) is 1.81. The molecule has 0 amide bonds. The first-order chi connectivity index (χ1) is 8.56. The molecule has 2 aliphatic rings. The van der Waals surface area contributed by atoms with Crippen LogP contribution in [-0.4, -0.2) is 23.5 Å². The number of rotatable bonds is 2. The lowest BCUT2D eigenvalue weighted by molar-refractivity contribution is -0.141. The molecule has 1 unspecified atom stereocenters. The van der Waals surface area contributed by atoms with Gasteiger partial charge in [0.25, 0.3) is 0 Å². The molecule has 0 fully saturated rings. The van der Waals surface area contributed by atoms with Crippen LogP contribution in [0, 0.1) is 5.92 Å². The van der Waals surface area contributed by atoms with Gasteiger partial charge in [-0.25, -0.2) is 0 Å². The van der Waals surface area contributed by atoms with Crippen molar-refractivity contribution in [2.45, 2.75) is 32.6 Å². The lowest BCUT2D eigenvalue weighted by Gasteiger charge is -2.21. The summed E-state index contributed by atoms with van der Waals surface area (Å²) >= 11 is 0. The summed E-state index contributed by atoms with van der Waals surface area (Å²) in [4.78, 5) is 15.0. The van der Waals surface area contributed by atoms with Crippen molar-refractivity contribution in [3.05, 3.63) is 23.1 Å². The molecule has 0 aromatic heterocycles. The van der Waals surface area contributed by atoms with Gasteiger partial charge in [-0.15, -0.1) is 0 Å². The number of hydrogen-bond acceptors (Lipinski definition) is 4. The van der Waals surface area contributed by atoms with Crippen molar-refractivity contribution in [3.63, 3.8) is 0 Å². The Balaban J connectivity index is 1.99. The third-order valence-electron chi connectivity index (χ3n) is 3.27. The maximum absolute atomic E-state index is 10.8. The van der Waals surface area contributed by atoms with Gasteiger partial charge in [0.1, 0.15) is 5.76 Å². The summed E-state index contributed by atoms with van der Waals surface area (Å²) in [5.74, 6) is 0.406. The first-order valence-electron chi connectivity index (χ1n) is 6.16. The van der Waals surface area contributed by atoms with Crippen molar-refractivity contribution >= 4 is 11.9 Å². The van der Waals surface area contributed by atoms with E-state index in [1.165, 1.54) is 0 Å². The Morgan fingerprint density at radius 2 is 2.28 bits per heavy atom. The minimum absolute atomic E-state index is 0.314. The minimum atomic E-state index is -0.776. The molecule has 0 bridgehead atoms. The Bertz CT molecular complexity index is 449. The van der Waals surface area contributed by atoms with E-state index in [-0.39, 0.29) is 5.92 Å². The average molecular weight is 250 g/mol. The number of nitrogens with zero attached hydrogens (tertiary/aromatic N) is 1. The van der Waals surface area contributed by atoms with Crippen molar-refractivity contribution in [3.8, 4) is 0 Å². The minimum Gasteiger partial charge on any atom is -0.481 e. The molecule has 5 nitrogen and oxygen atoms in total. The molecule has 2 rings (SSSR count). The number of aliphatic carboxylic acids is 1. The van der Waals surface area contributed by atoms with Gasteiger partial charge < -0.3 is 15.6 Å². The van der Waals surface area contributed by atoms with Crippen LogP contribution in [0.25, 0.3) is 0 Å². The van der Waals surface area contributed by atoms with Gasteiger partial charge in [0.2, 0.25) is 0 Å². The van der Waals surface area contributed by atoms with Gasteiger partial charge in [0.05, 0.1) is 12.5 Å². The van der Waals surface area contributed by atoms with E-state index >= 15 is 0 Å². The van der Waals surface area contributed by atoms with Gasteiger partial charge in [0.15, 0.2) is 5.90 Å². The van der Waals surface area contributed by atoms with Gasteiger partial charge in [-0.1, -0.05) is 0 Å². The molecule has 0 radical (unpaired) electrons. The van der Waals surface area contributed by atoms with E-state index < -0.39 is 5.97 Å². The molecule has 1 atom stereocenters. The molecule has 0 aromatic rings. The average Bonchev–Trinajstić information content (AvgIpc) is 2.33. The van der Waals surface area contributed by atoms with Crippen LogP contribution in [0.15, 0.2) is 28.1 Å². The SMILES string of the molecule is CC1=C(OC2=NCC(C(=O)O)CC2)CCC(N)=C1. The third kappa shape index (κ3) is 2.91. The number of carbonyl (C=O) groups is 1. The Morgan fingerprint density at radius 3 is 2.83 bits per heavy atom. The molecule has 5 heteroatoms. The van der Waals surface area contributed by atoms with Crippen LogP contribution in [0.4, 0.5) is 0 Å². The number of ether oxygens (including phenoxy) is 1. The summed E-state index contributed by atoms with van der Waals surface area (Å²) in [6, 6.07) is 0. The van der Waals surface area contributed by atoms with Crippen LogP contribution in [0.3, 0.4) is 0 Å². The molecule has 1 aliphatic heterocycles. The van der Waals surface area contributed by atoms with Crippen molar-refractivity contribution < 1.29 is 14.6 Å². The van der Waals surface area contributed by atoms with Gasteiger partial charge in [-0.05, 0) is 31.4 Å². The zero-order valence-electron chi connectivity index (χ0n) is 10.5. The first-order valence-corrected chi connectivity index (χ1v) is 6.16. The monoisotopic (exact) mass is 250 g/mol. The van der Waals surface area contributed by atoms with Crippen molar-refractivity contribution in [2.24, 2.45) is 16.6 Å². The number of nitrogens with two attached hydrogens (primary N) is 1. The maximum atomic E-state index is 10.8. The van der Waals surface area contributed by atoms with Crippen LogP contribution in [-0.2, 0) is 9.53 Å². The van der Waals surface area contributed by atoms with E-state index in [9.17, 15) is 4.79 Å². The molecule has 1 aliphatic carbocycles. The molecule has 3 N–H and O–H groups in total. The van der Waals surface area contributed by atoms with Crippen LogP contribution < -0.4 is 5.73 Å². The van der Waals surface area contributed by atoms with Gasteiger partial charge in [-0.2, -0.15) is 0 Å².